The van der Waals surface area contributed by atoms with Gasteiger partial charge in [0.25, 0.3) is 0 Å². The van der Waals surface area contributed by atoms with Gasteiger partial charge in [0.15, 0.2) is 6.29 Å². The van der Waals surface area contributed by atoms with Gasteiger partial charge in [0.2, 0.25) is 0 Å². The summed E-state index contributed by atoms with van der Waals surface area (Å²) < 4.78 is 10.4. The van der Waals surface area contributed by atoms with Crippen molar-refractivity contribution in [2.45, 2.75) is 55.1 Å². The summed E-state index contributed by atoms with van der Waals surface area (Å²) in [7, 11) is 0. The van der Waals surface area contributed by atoms with Crippen LogP contribution in [0.25, 0.3) is 0 Å². The van der Waals surface area contributed by atoms with Crippen LogP contribution in [0.1, 0.15) is 0 Å². The molecule has 10 N–H and O–H groups in total. The summed E-state index contributed by atoms with van der Waals surface area (Å²) in [5.41, 5.74) is 5.25. The Morgan fingerprint density at radius 3 is 2.27 bits per heavy atom. The van der Waals surface area contributed by atoms with E-state index in [4.69, 9.17) is 25.4 Å². The molecule has 154 valence electrons. The molecular weight excluding hydrogens is 356 g/mol. The zero-order valence-electron chi connectivity index (χ0n) is 14.0. The summed E-state index contributed by atoms with van der Waals surface area (Å²) >= 11 is 0. The van der Waals surface area contributed by atoms with Crippen molar-refractivity contribution in [3.63, 3.8) is 0 Å². The smallest absolute Gasteiger partial charge is 0.187 e. The van der Waals surface area contributed by atoms with Crippen LogP contribution in [0.4, 0.5) is 0 Å². The molecule has 0 aromatic rings. The minimum Gasteiger partial charge on any atom is -0.394 e. The summed E-state index contributed by atoms with van der Waals surface area (Å²) in [4.78, 5) is 3.74. The van der Waals surface area contributed by atoms with Crippen LogP contribution in [-0.4, -0.2) is 128 Å². The summed E-state index contributed by atoms with van der Waals surface area (Å²) in [6, 6.07) is 0. The average molecular weight is 384 g/mol. The molecule has 1 heterocycles. The molecular formula is C14H28N2O10. The first-order chi connectivity index (χ1) is 12.3. The van der Waals surface area contributed by atoms with Gasteiger partial charge in [0.05, 0.1) is 19.8 Å². The fourth-order valence-electron chi connectivity index (χ4n) is 2.38. The molecule has 0 spiro atoms. The zero-order valence-corrected chi connectivity index (χ0v) is 14.0. The standard InChI is InChI=1S/C14H28N2O10/c15-1-2-16-3-6(19)9(21)13(7(20)4-17)26-14-12(24)11(23)10(22)8(5-18)25-14/h3,6-14,17-24H,1-2,4-5,15H2/b16-3+. The van der Waals surface area contributed by atoms with E-state index in [0.717, 1.165) is 6.21 Å². The van der Waals surface area contributed by atoms with Crippen molar-refractivity contribution >= 4 is 6.21 Å². The van der Waals surface area contributed by atoms with Crippen LogP contribution < -0.4 is 5.73 Å². The van der Waals surface area contributed by atoms with Crippen molar-refractivity contribution in [2.24, 2.45) is 10.7 Å². The normalized spacial score (nSPS) is 34.6. The van der Waals surface area contributed by atoms with Crippen molar-refractivity contribution in [3.8, 4) is 0 Å². The van der Waals surface area contributed by atoms with E-state index in [0.29, 0.717) is 0 Å². The molecule has 0 radical (unpaired) electrons. The highest BCUT2D eigenvalue weighted by molar-refractivity contribution is 5.63. The van der Waals surface area contributed by atoms with E-state index in [-0.39, 0.29) is 13.1 Å². The molecule has 1 aliphatic heterocycles. The van der Waals surface area contributed by atoms with Gasteiger partial charge in [-0.2, -0.15) is 0 Å². The average Bonchev–Trinajstić information content (AvgIpc) is 2.64. The molecule has 9 atom stereocenters. The number of rotatable bonds is 10. The van der Waals surface area contributed by atoms with E-state index in [9.17, 15) is 30.6 Å². The molecule has 1 aliphatic rings. The molecule has 26 heavy (non-hydrogen) atoms. The van der Waals surface area contributed by atoms with Crippen LogP contribution in [0.2, 0.25) is 0 Å². The zero-order chi connectivity index (χ0) is 19.9. The van der Waals surface area contributed by atoms with E-state index in [2.05, 4.69) is 4.99 Å². The molecule has 12 nitrogen and oxygen atoms in total. The quantitative estimate of drug-likeness (QED) is 0.162. The molecule has 12 heteroatoms. The molecule has 1 fully saturated rings. The highest BCUT2D eigenvalue weighted by Crippen LogP contribution is 2.24. The van der Waals surface area contributed by atoms with E-state index in [1.165, 1.54) is 0 Å². The van der Waals surface area contributed by atoms with Gasteiger partial charge in [-0.1, -0.05) is 0 Å². The lowest BCUT2D eigenvalue weighted by Gasteiger charge is -2.42. The number of hydrogen-bond acceptors (Lipinski definition) is 12. The van der Waals surface area contributed by atoms with Gasteiger partial charge in [0, 0.05) is 12.8 Å². The predicted molar refractivity (Wildman–Crippen MR) is 86.2 cm³/mol. The second-order valence-corrected chi connectivity index (χ2v) is 5.87. The number of nitrogens with two attached hydrogens (primary N) is 1. The molecule has 0 aromatic carbocycles. The van der Waals surface area contributed by atoms with Crippen molar-refractivity contribution in [2.75, 3.05) is 26.3 Å². The van der Waals surface area contributed by atoms with E-state index in [1.54, 1.807) is 0 Å². The molecule has 1 rings (SSSR count). The Labute approximate surface area is 149 Å². The lowest BCUT2D eigenvalue weighted by atomic mass is 9.98. The van der Waals surface area contributed by atoms with Crippen LogP contribution in [0, 0.1) is 0 Å². The van der Waals surface area contributed by atoms with Gasteiger partial charge in [-0.15, -0.1) is 0 Å². The highest BCUT2D eigenvalue weighted by Gasteiger charge is 2.46. The summed E-state index contributed by atoms with van der Waals surface area (Å²) in [5, 5.41) is 77.6. The summed E-state index contributed by atoms with van der Waals surface area (Å²) in [6.07, 6.45) is -13.8. The fourth-order valence-corrected chi connectivity index (χ4v) is 2.38. The van der Waals surface area contributed by atoms with Crippen LogP contribution in [0.15, 0.2) is 4.99 Å². The van der Waals surface area contributed by atoms with Gasteiger partial charge < -0.3 is 56.1 Å². The van der Waals surface area contributed by atoms with Crippen LogP contribution in [-0.2, 0) is 9.47 Å². The highest BCUT2D eigenvalue weighted by atomic mass is 16.7. The SMILES string of the molecule is NCC/N=C/C(O)C(O)C(OC1OC(CO)C(O)C(O)C1O)C(O)CO. The van der Waals surface area contributed by atoms with Gasteiger partial charge in [-0.05, 0) is 0 Å². The first-order valence-corrected chi connectivity index (χ1v) is 8.09. The Morgan fingerprint density at radius 1 is 1.08 bits per heavy atom. The van der Waals surface area contributed by atoms with Crippen molar-refractivity contribution in [3.05, 3.63) is 0 Å². The molecule has 0 bridgehead atoms. The Hall–Kier alpha value is -0.770. The van der Waals surface area contributed by atoms with E-state index >= 15 is 0 Å². The van der Waals surface area contributed by atoms with Gasteiger partial charge in [-0.25, -0.2) is 0 Å². The Balaban J connectivity index is 2.89. The predicted octanol–water partition coefficient (Wildman–Crippen LogP) is -5.72. The lowest BCUT2D eigenvalue weighted by Crippen LogP contribution is -2.61. The van der Waals surface area contributed by atoms with Gasteiger partial charge >= 0.3 is 0 Å². The minimum absolute atomic E-state index is 0.185. The lowest BCUT2D eigenvalue weighted by molar-refractivity contribution is -0.326. The Bertz CT molecular complexity index is 427. The van der Waals surface area contributed by atoms with Crippen molar-refractivity contribution < 1.29 is 50.3 Å². The number of nitrogens with zero attached hydrogens (tertiary/aromatic N) is 1. The largest absolute Gasteiger partial charge is 0.394 e. The third kappa shape index (κ3) is 5.87. The minimum atomic E-state index is -1.79. The Kier molecular flexibility index (Phi) is 9.99. The third-order valence-corrected chi connectivity index (χ3v) is 3.91. The molecule has 0 saturated carbocycles. The second kappa shape index (κ2) is 11.2. The number of aliphatic hydroxyl groups is 8. The number of hydrogen-bond donors (Lipinski definition) is 9. The van der Waals surface area contributed by atoms with Crippen LogP contribution in [0.5, 0.6) is 0 Å². The molecule has 0 aliphatic carbocycles. The molecule has 9 unspecified atom stereocenters. The molecule has 0 amide bonds. The summed E-state index contributed by atoms with van der Waals surface area (Å²) in [6.45, 7) is -1.16. The fraction of sp³-hybridized carbons (Fsp3) is 0.929. The Morgan fingerprint density at radius 2 is 1.73 bits per heavy atom. The second-order valence-electron chi connectivity index (χ2n) is 5.87. The number of aliphatic imine (C=N–C) groups is 1. The number of aliphatic hydroxyl groups excluding tert-OH is 8. The van der Waals surface area contributed by atoms with Crippen molar-refractivity contribution in [1.29, 1.82) is 0 Å². The van der Waals surface area contributed by atoms with Crippen LogP contribution >= 0.6 is 0 Å². The van der Waals surface area contributed by atoms with E-state index in [1.807, 2.05) is 0 Å². The third-order valence-electron chi connectivity index (χ3n) is 3.91. The topological polar surface area (TPSA) is 219 Å². The van der Waals surface area contributed by atoms with Gasteiger partial charge in [0.1, 0.15) is 48.8 Å². The first kappa shape index (κ1) is 23.3. The number of ether oxygens (including phenoxy) is 2. The maximum absolute atomic E-state index is 10.2. The summed E-state index contributed by atoms with van der Waals surface area (Å²) in [5.74, 6) is 0. The van der Waals surface area contributed by atoms with Crippen LogP contribution in [0.3, 0.4) is 0 Å². The molecule has 0 aromatic heterocycles. The van der Waals surface area contributed by atoms with Crippen molar-refractivity contribution in [1.82, 2.24) is 0 Å². The maximum Gasteiger partial charge on any atom is 0.187 e. The monoisotopic (exact) mass is 384 g/mol. The van der Waals surface area contributed by atoms with Gasteiger partial charge in [-0.3, -0.25) is 4.99 Å². The molecule has 1 saturated heterocycles. The first-order valence-electron chi connectivity index (χ1n) is 8.09. The van der Waals surface area contributed by atoms with E-state index < -0.39 is 68.3 Å². The maximum atomic E-state index is 10.2.